The van der Waals surface area contributed by atoms with Gasteiger partial charge in [0.05, 0.1) is 12.2 Å². The van der Waals surface area contributed by atoms with Crippen LogP contribution in [0.2, 0.25) is 0 Å². The largest absolute Gasteiger partial charge is 0.329 e. The number of hydrogen-bond acceptors (Lipinski definition) is 3. The predicted octanol–water partition coefficient (Wildman–Crippen LogP) is 3.34. The molecule has 0 radical (unpaired) electrons. The Balaban J connectivity index is 2.14. The minimum atomic E-state index is 0.920. The van der Waals surface area contributed by atoms with Gasteiger partial charge in [0.15, 0.2) is 0 Å². The van der Waals surface area contributed by atoms with Crippen molar-refractivity contribution in [3.63, 3.8) is 0 Å². The zero-order valence-corrected chi connectivity index (χ0v) is 9.87. The summed E-state index contributed by atoms with van der Waals surface area (Å²) in [5.41, 5.74) is 2.44. The maximum absolute atomic E-state index is 4.72. The first-order valence-corrected chi connectivity index (χ1v) is 6.47. The summed E-state index contributed by atoms with van der Waals surface area (Å²) >= 11 is 1.76. The number of fused-ring (bicyclic) bond motifs is 2. The quantitative estimate of drug-likeness (QED) is 0.685. The molecule has 0 fully saturated rings. The summed E-state index contributed by atoms with van der Waals surface area (Å²) in [7, 11) is 0. The number of aliphatic imine (C=N–C) groups is 1. The van der Waals surface area contributed by atoms with E-state index in [4.69, 9.17) is 4.99 Å². The molecule has 0 saturated carbocycles. The van der Waals surface area contributed by atoms with Gasteiger partial charge in [0, 0.05) is 11.1 Å². The maximum Gasteiger partial charge on any atom is 0.133 e. The van der Waals surface area contributed by atoms with Crippen molar-refractivity contribution in [2.24, 2.45) is 4.99 Å². The van der Waals surface area contributed by atoms with Crippen LogP contribution in [0.25, 0.3) is 0 Å². The van der Waals surface area contributed by atoms with Crippen LogP contribution in [-0.4, -0.2) is 17.0 Å². The van der Waals surface area contributed by atoms with E-state index >= 15 is 0 Å². The summed E-state index contributed by atoms with van der Waals surface area (Å²) in [6.07, 6.45) is 10.3. The van der Waals surface area contributed by atoms with Gasteiger partial charge in [0.25, 0.3) is 0 Å². The highest BCUT2D eigenvalue weighted by molar-refractivity contribution is 7.98. The molecule has 16 heavy (non-hydrogen) atoms. The lowest BCUT2D eigenvalue weighted by atomic mass is 10.1. The molecule has 0 amide bonds. The average molecular weight is 228 g/mol. The number of hydrogen-bond donors (Lipinski definition) is 0. The van der Waals surface area contributed by atoms with Crippen molar-refractivity contribution in [2.45, 2.75) is 11.4 Å². The van der Waals surface area contributed by atoms with E-state index in [0.717, 1.165) is 18.1 Å². The van der Waals surface area contributed by atoms with Gasteiger partial charge in [-0.15, -0.1) is 11.8 Å². The van der Waals surface area contributed by atoms with Crippen LogP contribution < -0.4 is 0 Å². The molecule has 1 aromatic carbocycles. The molecule has 80 valence electrons. The van der Waals surface area contributed by atoms with E-state index in [1.165, 1.54) is 10.5 Å². The summed E-state index contributed by atoms with van der Waals surface area (Å²) < 4.78 is 0. The monoisotopic (exact) mass is 228 g/mol. The Morgan fingerprint density at radius 3 is 3.12 bits per heavy atom. The molecule has 2 aliphatic heterocycles. The molecule has 0 saturated heterocycles. The van der Waals surface area contributed by atoms with Crippen molar-refractivity contribution < 1.29 is 0 Å². The van der Waals surface area contributed by atoms with Crippen LogP contribution in [0.4, 0.5) is 5.69 Å². The fourth-order valence-corrected chi connectivity index (χ4v) is 2.57. The molecule has 2 aliphatic rings. The molecular weight excluding hydrogens is 216 g/mol. The molecule has 3 rings (SSSR count). The van der Waals surface area contributed by atoms with Gasteiger partial charge in [-0.1, -0.05) is 18.2 Å². The van der Waals surface area contributed by atoms with E-state index in [0.29, 0.717) is 0 Å². The van der Waals surface area contributed by atoms with Crippen LogP contribution in [0.15, 0.2) is 52.5 Å². The van der Waals surface area contributed by atoms with Crippen LogP contribution in [0.5, 0.6) is 0 Å². The fraction of sp³-hybridized carbons (Fsp3) is 0.154. The van der Waals surface area contributed by atoms with Crippen molar-refractivity contribution in [3.05, 3.63) is 48.2 Å². The number of amidine groups is 1. The number of rotatable bonds is 1. The third kappa shape index (κ3) is 1.48. The van der Waals surface area contributed by atoms with Crippen LogP contribution in [0.1, 0.15) is 5.56 Å². The Morgan fingerprint density at radius 1 is 1.31 bits per heavy atom. The van der Waals surface area contributed by atoms with E-state index in [1.807, 2.05) is 12.2 Å². The molecule has 0 aromatic heterocycles. The number of para-hydroxylation sites is 1. The molecule has 0 bridgehead atoms. The summed E-state index contributed by atoms with van der Waals surface area (Å²) in [6, 6.07) is 6.39. The van der Waals surface area contributed by atoms with Gasteiger partial charge in [-0.05, 0) is 30.0 Å². The van der Waals surface area contributed by atoms with Crippen molar-refractivity contribution in [1.29, 1.82) is 0 Å². The zero-order chi connectivity index (χ0) is 11.0. The van der Waals surface area contributed by atoms with Crippen LogP contribution in [0.3, 0.4) is 0 Å². The van der Waals surface area contributed by atoms with Crippen molar-refractivity contribution >= 4 is 23.3 Å². The Labute approximate surface area is 99.4 Å². The van der Waals surface area contributed by atoms with Gasteiger partial charge in [-0.3, -0.25) is 0 Å². The standard InChI is InChI=1S/C13H12N2S/c1-16-11-6-4-5-10-9-15-8-3-2-7-12(15)14-13(10)11/h2-8H,9H2,1H3. The second-order valence-electron chi connectivity index (χ2n) is 3.77. The predicted molar refractivity (Wildman–Crippen MR) is 69.1 cm³/mol. The van der Waals surface area contributed by atoms with Crippen molar-refractivity contribution in [1.82, 2.24) is 4.90 Å². The highest BCUT2D eigenvalue weighted by atomic mass is 32.2. The Morgan fingerprint density at radius 2 is 2.25 bits per heavy atom. The van der Waals surface area contributed by atoms with Gasteiger partial charge in [-0.25, -0.2) is 4.99 Å². The van der Waals surface area contributed by atoms with Crippen LogP contribution in [0, 0.1) is 0 Å². The third-order valence-electron chi connectivity index (χ3n) is 2.79. The van der Waals surface area contributed by atoms with E-state index < -0.39 is 0 Å². The summed E-state index contributed by atoms with van der Waals surface area (Å²) in [5, 5.41) is 0. The topological polar surface area (TPSA) is 15.6 Å². The lowest BCUT2D eigenvalue weighted by molar-refractivity contribution is 0.543. The average Bonchev–Trinajstić information content (AvgIpc) is 2.35. The zero-order valence-electron chi connectivity index (χ0n) is 9.05. The molecule has 0 aliphatic carbocycles. The summed E-state index contributed by atoms with van der Waals surface area (Å²) in [4.78, 5) is 8.15. The molecule has 3 heteroatoms. The van der Waals surface area contributed by atoms with E-state index in [1.54, 1.807) is 11.8 Å². The second-order valence-corrected chi connectivity index (χ2v) is 4.61. The first-order chi connectivity index (χ1) is 7.88. The van der Waals surface area contributed by atoms with E-state index in [9.17, 15) is 0 Å². The van der Waals surface area contributed by atoms with Gasteiger partial charge in [-0.2, -0.15) is 0 Å². The van der Waals surface area contributed by atoms with Gasteiger partial charge in [0.1, 0.15) is 5.84 Å². The minimum Gasteiger partial charge on any atom is -0.329 e. The van der Waals surface area contributed by atoms with Crippen LogP contribution in [-0.2, 0) is 6.54 Å². The normalized spacial score (nSPS) is 16.8. The Hall–Kier alpha value is -1.48. The highest BCUT2D eigenvalue weighted by Gasteiger charge is 2.19. The lowest BCUT2D eigenvalue weighted by Crippen LogP contribution is -2.27. The number of nitrogens with zero attached hydrogens (tertiary/aromatic N) is 2. The van der Waals surface area contributed by atoms with E-state index in [2.05, 4.69) is 41.6 Å². The molecule has 0 unspecified atom stereocenters. The second kappa shape index (κ2) is 3.83. The minimum absolute atomic E-state index is 0.920. The lowest BCUT2D eigenvalue weighted by Gasteiger charge is -2.28. The third-order valence-corrected chi connectivity index (χ3v) is 3.56. The first-order valence-electron chi connectivity index (χ1n) is 5.24. The SMILES string of the molecule is CSc1cccc2c1N=C1C=CC=CN1C2. The van der Waals surface area contributed by atoms with Gasteiger partial charge < -0.3 is 4.90 Å². The summed E-state index contributed by atoms with van der Waals surface area (Å²) in [5.74, 6) is 1.04. The Bertz CT molecular complexity index is 515. The number of benzene rings is 1. The van der Waals surface area contributed by atoms with Crippen molar-refractivity contribution in [3.8, 4) is 0 Å². The molecule has 0 N–H and O–H groups in total. The molecule has 1 aromatic rings. The highest BCUT2D eigenvalue weighted by Crippen LogP contribution is 2.35. The maximum atomic E-state index is 4.72. The molecular formula is C13H12N2S. The van der Waals surface area contributed by atoms with E-state index in [-0.39, 0.29) is 0 Å². The number of thioether (sulfide) groups is 1. The first kappa shape index (κ1) is 9.73. The fourth-order valence-electron chi connectivity index (χ4n) is 1.99. The Kier molecular flexibility index (Phi) is 2.33. The molecule has 2 heterocycles. The van der Waals surface area contributed by atoms with Gasteiger partial charge >= 0.3 is 0 Å². The molecule has 2 nitrogen and oxygen atoms in total. The van der Waals surface area contributed by atoms with Gasteiger partial charge in [0.2, 0.25) is 0 Å². The van der Waals surface area contributed by atoms with Crippen molar-refractivity contribution in [2.75, 3.05) is 6.26 Å². The number of allylic oxidation sites excluding steroid dienone is 2. The van der Waals surface area contributed by atoms with Crippen LogP contribution >= 0.6 is 11.8 Å². The summed E-state index contributed by atoms with van der Waals surface area (Å²) in [6.45, 7) is 0.920. The smallest absolute Gasteiger partial charge is 0.133 e. The molecule has 0 atom stereocenters. The molecule has 0 spiro atoms.